The first-order valence-electron chi connectivity index (χ1n) is 38.9. The number of nitrogens with two attached hydrogens (primary N) is 3. The molecule has 47 nitrogen and oxygen atoms in total. The van der Waals surface area contributed by atoms with E-state index in [9.17, 15) is 141 Å². The molecule has 0 bridgehead atoms. The topological polar surface area (TPSA) is 787 Å². The maximum absolute atomic E-state index is 14.1. The van der Waals surface area contributed by atoms with Gasteiger partial charge in [0.2, 0.25) is 41.4 Å². The van der Waals surface area contributed by atoms with E-state index in [1.165, 1.54) is 38.1 Å². The molecule has 6 aliphatic rings. The molecule has 0 saturated carbocycles. The smallest absolute Gasteiger partial charge is 0.243 e. The van der Waals surface area contributed by atoms with Crippen molar-refractivity contribution in [2.24, 2.45) is 23.1 Å². The van der Waals surface area contributed by atoms with Crippen molar-refractivity contribution in [1.82, 2.24) is 31.9 Å². The number of aromatic hydroxyl groups is 1. The predicted octanol–water partition coefficient (Wildman–Crippen LogP) is -15.6. The van der Waals surface area contributed by atoms with Gasteiger partial charge in [0, 0.05) is 13.0 Å². The highest BCUT2D eigenvalue weighted by molar-refractivity contribution is 5.96. The number of aliphatic hydroxyl groups is 20. The Kier molecular flexibility index (Phi) is 38.6. The summed E-state index contributed by atoms with van der Waals surface area (Å²) in [5, 5.41) is 236. The van der Waals surface area contributed by atoms with E-state index in [0.29, 0.717) is 12.0 Å². The molecular weight excluding hydrogens is 1590 g/mol. The summed E-state index contributed by atoms with van der Waals surface area (Å²) in [5.41, 5.74) is 18.5. The lowest BCUT2D eigenvalue weighted by atomic mass is 9.91. The van der Waals surface area contributed by atoms with Crippen LogP contribution in [0.15, 0.2) is 24.3 Å². The van der Waals surface area contributed by atoms with Gasteiger partial charge in [0.25, 0.3) is 0 Å². The van der Waals surface area contributed by atoms with Gasteiger partial charge in [-0.05, 0) is 82.4 Å². The van der Waals surface area contributed by atoms with Crippen molar-refractivity contribution < 1.29 is 188 Å². The van der Waals surface area contributed by atoms with E-state index < -0.39 is 313 Å². The molecule has 6 heterocycles. The number of phenolic OH excluding ortho intramolecular Hbond substituents is 1. The van der Waals surface area contributed by atoms with Gasteiger partial charge in [-0.3, -0.25) is 33.6 Å². The molecule has 118 heavy (non-hydrogen) atoms. The van der Waals surface area contributed by atoms with Crippen LogP contribution in [-0.2, 0) is 87.4 Å². The minimum absolute atomic E-state index is 0.00846. The molecule has 6 aliphatic heterocycles. The lowest BCUT2D eigenvalue weighted by Crippen LogP contribution is -2.66. The molecule has 33 N–H and O–H groups in total. The maximum atomic E-state index is 14.1. The standard InChI is InChI=1S/C71H119N9O38/c1-5-25(2)42(80-65(106)31(73)14-16-35-44(89)50(95)58(39(22-84)110-35)116-71-56(101)52(97)60(41(24-86)114-71)118-69-54(99)48(93)46(91)37(20-82)112-69)67(108)77-27(4)63(104)79-33(18-28-9-11-29(87)12-10-28)66(107)76-26(3)62(103)78-32(61(74)102)8-6-7-17-75-64(105)30(72)13-15-34-43(88)49(94)57(38(21-83)109-34)115-70-55(100)51(96)59(40(23-85)113-70)117-68-53(98)47(92)45(90)36(19-81)111-68/h9-12,25-27,30-60,68-71,81-101H,5-8,13-24,72-73H2,1-4H3,(H2,74,102)(H,75,105)(H,76,107)(H,77,108)(H,78,103)(H,79,104)(H,80,106)/t25-,26-,27-,30-,31+,32-,33-,34-,35-,36+,37+,38+,39+,40+,41+,42-,43-,44-,45-,46-,47-,48-,49+,50+,51+,52+,53+,54+,55+,56+,57+,58+,59-,60-,68+,69+,70-,71-/m0/s1. The number of carbonyl (C=O) groups excluding carboxylic acids is 7. The van der Waals surface area contributed by atoms with E-state index in [1.54, 1.807) is 13.8 Å². The minimum atomic E-state index is -2.08. The van der Waals surface area contributed by atoms with Crippen LogP contribution in [0.4, 0.5) is 0 Å². The Morgan fingerprint density at radius 1 is 0.390 bits per heavy atom. The maximum Gasteiger partial charge on any atom is 0.243 e. The summed E-state index contributed by atoms with van der Waals surface area (Å²) in [4.78, 5) is 95.1. The molecule has 7 amide bonds. The summed E-state index contributed by atoms with van der Waals surface area (Å²) >= 11 is 0. The Labute approximate surface area is 675 Å². The predicted molar refractivity (Wildman–Crippen MR) is 391 cm³/mol. The van der Waals surface area contributed by atoms with Gasteiger partial charge < -0.3 is 204 Å². The Balaban J connectivity index is 0.841. The summed E-state index contributed by atoms with van der Waals surface area (Å²) in [5.74, 6) is -6.88. The highest BCUT2D eigenvalue weighted by Crippen LogP contribution is 2.37. The third-order valence-electron chi connectivity index (χ3n) is 21.8. The van der Waals surface area contributed by atoms with Crippen LogP contribution in [0.2, 0.25) is 0 Å². The van der Waals surface area contributed by atoms with Crippen molar-refractivity contribution in [2.75, 3.05) is 46.2 Å². The van der Waals surface area contributed by atoms with Crippen LogP contribution in [-0.4, -0.2) is 421 Å². The Bertz CT molecular complexity index is 3310. The third kappa shape index (κ3) is 25.2. The van der Waals surface area contributed by atoms with Crippen molar-refractivity contribution in [3.8, 4) is 5.75 Å². The number of carbonyl (C=O) groups is 7. The van der Waals surface area contributed by atoms with Crippen LogP contribution >= 0.6 is 0 Å². The minimum Gasteiger partial charge on any atom is -0.508 e. The molecule has 6 fully saturated rings. The first kappa shape index (κ1) is 99.1. The number of unbranched alkanes of at least 4 members (excludes halogenated alkanes) is 1. The Morgan fingerprint density at radius 3 is 1.13 bits per heavy atom. The van der Waals surface area contributed by atoms with Crippen molar-refractivity contribution in [2.45, 2.75) is 312 Å². The fourth-order valence-corrected chi connectivity index (χ4v) is 14.2. The number of nitrogens with one attached hydrogen (secondary N) is 6. The monoisotopic (exact) mass is 1710 g/mol. The number of ether oxygens (including phenoxy) is 10. The molecule has 0 radical (unpaired) electrons. The second-order valence-corrected chi connectivity index (χ2v) is 30.3. The first-order valence-corrected chi connectivity index (χ1v) is 38.9. The summed E-state index contributed by atoms with van der Waals surface area (Å²) in [6.07, 6.45) is -53.1. The molecule has 6 saturated heterocycles. The molecule has 0 spiro atoms. The fourth-order valence-electron chi connectivity index (χ4n) is 14.2. The van der Waals surface area contributed by atoms with Crippen molar-refractivity contribution in [1.29, 1.82) is 0 Å². The second kappa shape index (κ2) is 46.0. The van der Waals surface area contributed by atoms with Gasteiger partial charge in [0.05, 0.1) is 63.9 Å². The molecule has 0 aromatic heterocycles. The molecule has 38 atom stereocenters. The van der Waals surface area contributed by atoms with Crippen molar-refractivity contribution in [3.05, 3.63) is 29.8 Å². The highest BCUT2D eigenvalue weighted by atomic mass is 16.8. The molecule has 7 rings (SSSR count). The van der Waals surface area contributed by atoms with Gasteiger partial charge in [-0.25, -0.2) is 0 Å². The molecule has 1 aromatic carbocycles. The number of aliphatic hydroxyl groups excluding tert-OH is 20. The van der Waals surface area contributed by atoms with E-state index in [0.717, 1.165) is 0 Å². The summed E-state index contributed by atoms with van der Waals surface area (Å²) in [6, 6.07) is -4.08. The third-order valence-corrected chi connectivity index (χ3v) is 21.8. The Morgan fingerprint density at radius 2 is 0.737 bits per heavy atom. The van der Waals surface area contributed by atoms with Gasteiger partial charge in [-0.1, -0.05) is 32.4 Å². The average molecular weight is 1710 g/mol. The normalized spacial score (nSPS) is 37.2. The highest BCUT2D eigenvalue weighted by Gasteiger charge is 2.57. The van der Waals surface area contributed by atoms with Crippen molar-refractivity contribution >= 4 is 41.4 Å². The zero-order valence-electron chi connectivity index (χ0n) is 65.1. The SMILES string of the molecule is CC[C@H](C)[C@H](NC(=O)[C@H](N)CC[C@@H]1O[C@H](CO)[C@@H](O[C@@H]2O[C@H](CO)[C@H](O[C@H]3O[C@H](CO)[C@H](O)[C@H](O)[C@H]3O)[C@H](O)[C@H]2O)[C@H](O)[C@H]1O)C(=O)N[C@@H](C)C(=O)N[C@@H](Cc1ccc(O)cc1)C(=O)N[C@@H](C)C(=O)N[C@@H](CCCCNC(=O)[C@@H](N)CC[C@@H]1O[C@H](CO)[C@@H](O[C@@H]2O[C@H](CO)[C@H](O[C@H]3O[C@H](CO)[C@H](O)[C@H](O)[C@H]3O)[C@H](O)[C@H]2O)[C@H](O)[C@H]1O)C(N)=O. The van der Waals surface area contributed by atoms with Crippen LogP contribution in [0.3, 0.4) is 0 Å². The number of benzene rings is 1. The number of amides is 7. The molecule has 0 unspecified atom stereocenters. The zero-order valence-corrected chi connectivity index (χ0v) is 65.1. The van der Waals surface area contributed by atoms with Crippen LogP contribution in [0.5, 0.6) is 5.75 Å². The number of hydrogen-bond donors (Lipinski definition) is 30. The molecular formula is C71H119N9O38. The quantitative estimate of drug-likeness (QED) is 0.0271. The molecule has 0 aliphatic carbocycles. The first-order chi connectivity index (χ1) is 55.8. The summed E-state index contributed by atoms with van der Waals surface area (Å²) in [7, 11) is 0. The van der Waals surface area contributed by atoms with Crippen LogP contribution < -0.4 is 49.1 Å². The van der Waals surface area contributed by atoms with Crippen LogP contribution in [0.1, 0.15) is 84.6 Å². The lowest BCUT2D eigenvalue weighted by Gasteiger charge is -2.48. The largest absolute Gasteiger partial charge is 0.508 e. The summed E-state index contributed by atoms with van der Waals surface area (Å²) in [6.45, 7) is 0.599. The van der Waals surface area contributed by atoms with E-state index >= 15 is 0 Å². The van der Waals surface area contributed by atoms with E-state index in [1.807, 2.05) is 0 Å². The van der Waals surface area contributed by atoms with Gasteiger partial charge in [-0.2, -0.15) is 0 Å². The number of primary amides is 1. The number of hydrogen-bond acceptors (Lipinski definition) is 40. The summed E-state index contributed by atoms with van der Waals surface area (Å²) < 4.78 is 56.2. The Hall–Kier alpha value is -5.97. The number of rotatable bonds is 41. The van der Waals surface area contributed by atoms with E-state index in [-0.39, 0.29) is 63.7 Å². The van der Waals surface area contributed by atoms with E-state index in [4.69, 9.17) is 64.6 Å². The van der Waals surface area contributed by atoms with E-state index in [2.05, 4.69) is 31.9 Å². The molecule has 1 aromatic rings. The second-order valence-electron chi connectivity index (χ2n) is 30.3. The average Bonchev–Trinajstić information content (AvgIpc) is 0.777. The molecule has 47 heteroatoms. The van der Waals surface area contributed by atoms with Gasteiger partial charge in [0.1, 0.15) is 182 Å². The fraction of sp³-hybridized carbons (Fsp3) is 0.817. The van der Waals surface area contributed by atoms with Crippen LogP contribution in [0, 0.1) is 5.92 Å². The van der Waals surface area contributed by atoms with Gasteiger partial charge in [-0.15, -0.1) is 0 Å². The van der Waals surface area contributed by atoms with Gasteiger partial charge >= 0.3 is 0 Å². The van der Waals surface area contributed by atoms with Crippen LogP contribution in [0.25, 0.3) is 0 Å². The number of phenols is 1. The van der Waals surface area contributed by atoms with Crippen molar-refractivity contribution in [3.63, 3.8) is 0 Å². The molecule has 676 valence electrons. The zero-order chi connectivity index (χ0) is 87.6. The van der Waals surface area contributed by atoms with Gasteiger partial charge in [0.15, 0.2) is 25.2 Å². The lowest BCUT2D eigenvalue weighted by molar-refractivity contribution is -0.373.